The Balaban J connectivity index is 2.06. The highest BCUT2D eigenvalue weighted by Crippen LogP contribution is 2.48. The summed E-state index contributed by atoms with van der Waals surface area (Å²) in [7, 11) is 2.05. The van der Waals surface area contributed by atoms with Crippen molar-refractivity contribution in [1.82, 2.24) is 15.1 Å². The molecule has 1 aliphatic carbocycles. The smallest absolute Gasteiger partial charge is 0.157 e. The molecule has 2 rings (SSSR count). The largest absolute Gasteiger partial charge is 0.486 e. The first-order chi connectivity index (χ1) is 9.07. The van der Waals surface area contributed by atoms with Crippen LogP contribution in [0.3, 0.4) is 0 Å². The van der Waals surface area contributed by atoms with Crippen molar-refractivity contribution < 1.29 is 4.74 Å². The van der Waals surface area contributed by atoms with Gasteiger partial charge in [-0.2, -0.15) is 5.10 Å². The fraction of sp³-hybridized carbons (Fsp3) is 0.800. The van der Waals surface area contributed by atoms with Gasteiger partial charge in [0.05, 0.1) is 12.4 Å². The number of hydrogen-bond acceptors (Lipinski definition) is 3. The molecule has 0 bridgehead atoms. The maximum atomic E-state index is 6.19. The minimum Gasteiger partial charge on any atom is -0.486 e. The molecule has 0 spiro atoms. The van der Waals surface area contributed by atoms with Crippen LogP contribution < -0.4 is 10.1 Å². The molecule has 0 radical (unpaired) electrons. The Morgan fingerprint density at radius 3 is 2.63 bits per heavy atom. The number of ether oxygens (including phenoxy) is 1. The van der Waals surface area contributed by atoms with Crippen molar-refractivity contribution in [2.24, 2.45) is 5.41 Å². The second-order valence-electron chi connectivity index (χ2n) is 5.87. The maximum Gasteiger partial charge on any atom is 0.157 e. The van der Waals surface area contributed by atoms with E-state index in [1.54, 1.807) is 0 Å². The Labute approximate surface area is 116 Å². The first-order valence-electron chi connectivity index (χ1n) is 7.45. The van der Waals surface area contributed by atoms with E-state index in [0.717, 1.165) is 25.0 Å². The topological polar surface area (TPSA) is 39.1 Å². The number of nitrogens with zero attached hydrogens (tertiary/aromatic N) is 2. The molecule has 0 aromatic carbocycles. The van der Waals surface area contributed by atoms with E-state index in [4.69, 9.17) is 4.74 Å². The molecular weight excluding hydrogens is 238 g/mol. The molecule has 0 saturated heterocycles. The van der Waals surface area contributed by atoms with Crippen LogP contribution in [-0.2, 0) is 0 Å². The Hall–Kier alpha value is -1.03. The molecule has 0 aliphatic heterocycles. The van der Waals surface area contributed by atoms with Crippen LogP contribution in [0.25, 0.3) is 0 Å². The first kappa shape index (κ1) is 14.4. The van der Waals surface area contributed by atoms with Crippen LogP contribution in [0.1, 0.15) is 53.0 Å². The SMILES string of the molecule is CCC1(CC)C(NC)CC1Oc1cnn(C(C)C)c1. The lowest BCUT2D eigenvalue weighted by molar-refractivity contribution is -0.0836. The van der Waals surface area contributed by atoms with E-state index < -0.39 is 0 Å². The van der Waals surface area contributed by atoms with Gasteiger partial charge in [-0.15, -0.1) is 0 Å². The highest BCUT2D eigenvalue weighted by Gasteiger charge is 2.53. The van der Waals surface area contributed by atoms with Crippen molar-refractivity contribution in [2.45, 2.75) is 65.1 Å². The van der Waals surface area contributed by atoms with Gasteiger partial charge in [-0.05, 0) is 33.7 Å². The molecule has 1 heterocycles. The van der Waals surface area contributed by atoms with E-state index in [9.17, 15) is 0 Å². The van der Waals surface area contributed by atoms with Crippen LogP contribution in [0.2, 0.25) is 0 Å². The van der Waals surface area contributed by atoms with Crippen LogP contribution in [-0.4, -0.2) is 29.0 Å². The molecule has 1 aromatic heterocycles. The lowest BCUT2D eigenvalue weighted by Crippen LogP contribution is -2.63. The molecule has 4 heteroatoms. The third-order valence-corrected chi connectivity index (χ3v) is 4.84. The van der Waals surface area contributed by atoms with Gasteiger partial charge in [-0.1, -0.05) is 13.8 Å². The lowest BCUT2D eigenvalue weighted by Gasteiger charge is -2.54. The number of rotatable bonds is 6. The summed E-state index contributed by atoms with van der Waals surface area (Å²) in [6.45, 7) is 8.78. The van der Waals surface area contributed by atoms with Gasteiger partial charge < -0.3 is 10.1 Å². The summed E-state index contributed by atoms with van der Waals surface area (Å²) in [6, 6.07) is 0.957. The van der Waals surface area contributed by atoms with E-state index in [1.807, 2.05) is 17.1 Å². The van der Waals surface area contributed by atoms with Crippen molar-refractivity contribution in [3.63, 3.8) is 0 Å². The predicted octanol–water partition coefficient (Wildman–Crippen LogP) is 3.01. The maximum absolute atomic E-state index is 6.19. The van der Waals surface area contributed by atoms with Crippen LogP contribution in [0, 0.1) is 5.41 Å². The fourth-order valence-electron chi connectivity index (χ4n) is 3.34. The summed E-state index contributed by atoms with van der Waals surface area (Å²) in [4.78, 5) is 0. The summed E-state index contributed by atoms with van der Waals surface area (Å²) < 4.78 is 8.14. The fourth-order valence-corrected chi connectivity index (χ4v) is 3.34. The molecule has 1 N–H and O–H groups in total. The van der Waals surface area contributed by atoms with Gasteiger partial charge in [-0.3, -0.25) is 4.68 Å². The minimum atomic E-state index is 0.273. The minimum absolute atomic E-state index is 0.273. The molecule has 4 nitrogen and oxygen atoms in total. The predicted molar refractivity (Wildman–Crippen MR) is 77.5 cm³/mol. The molecule has 0 amide bonds. The van der Waals surface area contributed by atoms with Gasteiger partial charge in [0.25, 0.3) is 0 Å². The average molecular weight is 265 g/mol. The van der Waals surface area contributed by atoms with E-state index in [2.05, 4.69) is 45.2 Å². The molecule has 19 heavy (non-hydrogen) atoms. The number of nitrogens with one attached hydrogen (secondary N) is 1. The van der Waals surface area contributed by atoms with Gasteiger partial charge in [0.15, 0.2) is 5.75 Å². The second-order valence-corrected chi connectivity index (χ2v) is 5.87. The molecule has 1 aliphatic rings. The van der Waals surface area contributed by atoms with Crippen LogP contribution in [0.4, 0.5) is 0 Å². The Kier molecular flexibility index (Phi) is 4.19. The van der Waals surface area contributed by atoms with Gasteiger partial charge in [0.2, 0.25) is 0 Å². The zero-order chi connectivity index (χ0) is 14.0. The van der Waals surface area contributed by atoms with E-state index in [-0.39, 0.29) is 5.41 Å². The van der Waals surface area contributed by atoms with Crippen molar-refractivity contribution in [3.8, 4) is 5.75 Å². The standard InChI is InChI=1S/C15H27N3O/c1-6-15(7-2)13(16-5)8-14(15)19-12-9-17-18(10-12)11(3)4/h9-11,13-14,16H,6-8H2,1-5H3. The molecule has 1 fully saturated rings. The van der Waals surface area contributed by atoms with Gasteiger partial charge in [-0.25, -0.2) is 0 Å². The molecular formula is C15H27N3O. The van der Waals surface area contributed by atoms with E-state index in [1.165, 1.54) is 0 Å². The van der Waals surface area contributed by atoms with E-state index in [0.29, 0.717) is 18.2 Å². The molecule has 2 atom stereocenters. The summed E-state index contributed by atoms with van der Waals surface area (Å²) >= 11 is 0. The van der Waals surface area contributed by atoms with Gasteiger partial charge in [0, 0.05) is 23.9 Å². The van der Waals surface area contributed by atoms with Gasteiger partial charge >= 0.3 is 0 Å². The van der Waals surface area contributed by atoms with Crippen molar-refractivity contribution >= 4 is 0 Å². The first-order valence-corrected chi connectivity index (χ1v) is 7.45. The van der Waals surface area contributed by atoms with Crippen molar-refractivity contribution in [1.29, 1.82) is 0 Å². The molecule has 2 unspecified atom stereocenters. The average Bonchev–Trinajstić information content (AvgIpc) is 2.84. The number of hydrogen-bond donors (Lipinski definition) is 1. The zero-order valence-electron chi connectivity index (χ0n) is 12.8. The Morgan fingerprint density at radius 1 is 1.47 bits per heavy atom. The molecule has 108 valence electrons. The van der Waals surface area contributed by atoms with Crippen LogP contribution >= 0.6 is 0 Å². The molecule has 1 aromatic rings. The van der Waals surface area contributed by atoms with Crippen LogP contribution in [0.15, 0.2) is 12.4 Å². The monoisotopic (exact) mass is 265 g/mol. The third kappa shape index (κ3) is 2.38. The highest BCUT2D eigenvalue weighted by molar-refractivity contribution is 5.16. The summed E-state index contributed by atoms with van der Waals surface area (Å²) in [5.41, 5.74) is 0.273. The third-order valence-electron chi connectivity index (χ3n) is 4.84. The normalized spacial score (nSPS) is 25.4. The highest BCUT2D eigenvalue weighted by atomic mass is 16.5. The van der Waals surface area contributed by atoms with Crippen LogP contribution in [0.5, 0.6) is 5.75 Å². The van der Waals surface area contributed by atoms with E-state index >= 15 is 0 Å². The Morgan fingerprint density at radius 2 is 2.16 bits per heavy atom. The van der Waals surface area contributed by atoms with Gasteiger partial charge in [0.1, 0.15) is 6.10 Å². The van der Waals surface area contributed by atoms with Crippen molar-refractivity contribution in [2.75, 3.05) is 7.05 Å². The van der Waals surface area contributed by atoms with Crippen molar-refractivity contribution in [3.05, 3.63) is 12.4 Å². The second kappa shape index (κ2) is 5.53. The summed E-state index contributed by atoms with van der Waals surface area (Å²) in [6.07, 6.45) is 7.54. The quantitative estimate of drug-likeness (QED) is 0.859. The summed E-state index contributed by atoms with van der Waals surface area (Å²) in [5.74, 6) is 0.902. The Bertz CT molecular complexity index is 409. The number of aromatic nitrogens is 2. The summed E-state index contributed by atoms with van der Waals surface area (Å²) in [5, 5.41) is 7.77. The molecule has 1 saturated carbocycles. The lowest BCUT2D eigenvalue weighted by atomic mass is 9.58. The zero-order valence-corrected chi connectivity index (χ0v) is 12.8.